The second-order valence-corrected chi connectivity index (χ2v) is 8.37. The Labute approximate surface area is 181 Å². The number of rotatable bonds is 6. The average molecular weight is 425 g/mol. The standard InChI is InChI=1S/C22H27N5O4/c1-14-21(15(2)31-25-14)24-22(29)27-10-17-8-26(9-18(17)11-27)12-19(28)13-30-20-5-3-16(7-23)4-6-20/h3-6,17-19,28H,8-13H2,1-2H3,(H,24,29)/t17?,18?,19-/m0/s1. The van der Waals surface area contributed by atoms with E-state index in [1.165, 1.54) is 0 Å². The van der Waals surface area contributed by atoms with Crippen molar-refractivity contribution in [3.63, 3.8) is 0 Å². The van der Waals surface area contributed by atoms with Crippen LogP contribution in [0.1, 0.15) is 17.0 Å². The minimum absolute atomic E-state index is 0.119. The number of ether oxygens (including phenoxy) is 1. The third-order valence-corrected chi connectivity index (χ3v) is 6.01. The zero-order valence-electron chi connectivity index (χ0n) is 17.7. The van der Waals surface area contributed by atoms with Gasteiger partial charge in [-0.2, -0.15) is 5.26 Å². The van der Waals surface area contributed by atoms with E-state index in [9.17, 15) is 9.90 Å². The molecule has 0 radical (unpaired) electrons. The first-order valence-electron chi connectivity index (χ1n) is 10.4. The number of nitriles is 1. The molecule has 2 N–H and O–H groups in total. The number of aryl methyl sites for hydroxylation is 2. The van der Waals surface area contributed by atoms with Crippen LogP contribution in [-0.2, 0) is 0 Å². The van der Waals surface area contributed by atoms with Crippen molar-refractivity contribution in [2.45, 2.75) is 20.0 Å². The van der Waals surface area contributed by atoms with Gasteiger partial charge in [0.25, 0.3) is 0 Å². The lowest BCUT2D eigenvalue weighted by molar-refractivity contribution is 0.0725. The number of urea groups is 1. The second-order valence-electron chi connectivity index (χ2n) is 8.37. The Balaban J connectivity index is 1.21. The lowest BCUT2D eigenvalue weighted by Gasteiger charge is -2.23. The van der Waals surface area contributed by atoms with Gasteiger partial charge in [-0.1, -0.05) is 5.16 Å². The molecule has 9 heteroatoms. The first kappa shape index (κ1) is 21.2. The van der Waals surface area contributed by atoms with Gasteiger partial charge in [-0.05, 0) is 49.9 Å². The predicted molar refractivity (Wildman–Crippen MR) is 113 cm³/mol. The Morgan fingerprint density at radius 3 is 2.55 bits per heavy atom. The molecule has 2 aliphatic heterocycles. The van der Waals surface area contributed by atoms with Crippen LogP contribution in [0.2, 0.25) is 0 Å². The van der Waals surface area contributed by atoms with Crippen molar-refractivity contribution < 1.29 is 19.2 Å². The van der Waals surface area contributed by atoms with Crippen LogP contribution in [-0.4, -0.2) is 71.5 Å². The highest BCUT2D eigenvalue weighted by Crippen LogP contribution is 2.32. The van der Waals surface area contributed by atoms with Gasteiger partial charge in [0, 0.05) is 32.7 Å². The SMILES string of the molecule is Cc1noc(C)c1NC(=O)N1CC2CN(C[C@H](O)COc3ccc(C#N)cc3)CC2C1. The van der Waals surface area contributed by atoms with Gasteiger partial charge in [-0.15, -0.1) is 0 Å². The maximum Gasteiger partial charge on any atom is 0.322 e. The first-order chi connectivity index (χ1) is 14.9. The van der Waals surface area contributed by atoms with Gasteiger partial charge < -0.3 is 24.6 Å². The normalized spacial score (nSPS) is 21.5. The van der Waals surface area contributed by atoms with Gasteiger partial charge in [-0.25, -0.2) is 4.79 Å². The van der Waals surface area contributed by atoms with Gasteiger partial charge in [0.15, 0.2) is 5.76 Å². The zero-order valence-corrected chi connectivity index (χ0v) is 17.7. The molecule has 2 fully saturated rings. The van der Waals surface area contributed by atoms with E-state index in [-0.39, 0.29) is 12.6 Å². The van der Waals surface area contributed by atoms with Crippen LogP contribution in [0, 0.1) is 37.0 Å². The van der Waals surface area contributed by atoms with Crippen molar-refractivity contribution in [2.24, 2.45) is 11.8 Å². The second kappa shape index (κ2) is 8.96. The fourth-order valence-electron chi connectivity index (χ4n) is 4.42. The van der Waals surface area contributed by atoms with Crippen LogP contribution >= 0.6 is 0 Å². The predicted octanol–water partition coefficient (Wildman–Crippen LogP) is 2.00. The number of β-amino-alcohol motifs (C(OH)–C–C–N with tert-alkyl or cyclic N) is 1. The number of benzene rings is 1. The van der Waals surface area contributed by atoms with Crippen molar-refractivity contribution in [1.82, 2.24) is 15.0 Å². The fraction of sp³-hybridized carbons (Fsp3) is 0.500. The van der Waals surface area contributed by atoms with Gasteiger partial charge in [0.05, 0.1) is 11.6 Å². The Bertz CT molecular complexity index is 934. The molecule has 164 valence electrons. The summed E-state index contributed by atoms with van der Waals surface area (Å²) in [6.45, 7) is 7.43. The van der Waals surface area contributed by atoms with Crippen LogP contribution in [0.3, 0.4) is 0 Å². The van der Waals surface area contributed by atoms with E-state index in [2.05, 4.69) is 21.4 Å². The molecule has 2 aliphatic rings. The van der Waals surface area contributed by atoms with Crippen molar-refractivity contribution in [2.75, 3.05) is 44.6 Å². The Kier molecular flexibility index (Phi) is 6.11. The van der Waals surface area contributed by atoms with E-state index in [0.29, 0.717) is 59.9 Å². The van der Waals surface area contributed by atoms with E-state index >= 15 is 0 Å². The van der Waals surface area contributed by atoms with Gasteiger partial charge >= 0.3 is 6.03 Å². The summed E-state index contributed by atoms with van der Waals surface area (Å²) in [7, 11) is 0. The summed E-state index contributed by atoms with van der Waals surface area (Å²) in [6, 6.07) is 8.79. The van der Waals surface area contributed by atoms with E-state index in [1.807, 2.05) is 4.90 Å². The molecular weight excluding hydrogens is 398 g/mol. The number of hydrogen-bond acceptors (Lipinski definition) is 7. The molecule has 4 rings (SSSR count). The molecule has 2 unspecified atom stereocenters. The van der Waals surface area contributed by atoms with Crippen LogP contribution in [0.25, 0.3) is 0 Å². The van der Waals surface area contributed by atoms with E-state index in [0.717, 1.165) is 13.1 Å². The number of anilines is 1. The van der Waals surface area contributed by atoms with Crippen LogP contribution < -0.4 is 10.1 Å². The molecule has 2 saturated heterocycles. The van der Waals surface area contributed by atoms with Crippen molar-refractivity contribution in [1.29, 1.82) is 5.26 Å². The molecule has 0 aliphatic carbocycles. The number of aliphatic hydroxyl groups is 1. The highest BCUT2D eigenvalue weighted by molar-refractivity contribution is 5.90. The highest BCUT2D eigenvalue weighted by atomic mass is 16.5. The molecule has 9 nitrogen and oxygen atoms in total. The van der Waals surface area contributed by atoms with Crippen LogP contribution in [0.5, 0.6) is 5.75 Å². The molecule has 31 heavy (non-hydrogen) atoms. The van der Waals surface area contributed by atoms with Crippen molar-refractivity contribution in [3.05, 3.63) is 41.3 Å². The minimum atomic E-state index is -0.603. The molecule has 3 atom stereocenters. The van der Waals surface area contributed by atoms with Crippen LogP contribution in [0.15, 0.2) is 28.8 Å². The van der Waals surface area contributed by atoms with E-state index in [4.69, 9.17) is 14.5 Å². The van der Waals surface area contributed by atoms with Gasteiger partial charge in [0.1, 0.15) is 29.8 Å². The monoisotopic (exact) mass is 425 g/mol. The summed E-state index contributed by atoms with van der Waals surface area (Å²) in [4.78, 5) is 16.7. The number of hydrogen-bond donors (Lipinski definition) is 2. The lowest BCUT2D eigenvalue weighted by Crippen LogP contribution is -2.39. The molecule has 0 spiro atoms. The quantitative estimate of drug-likeness (QED) is 0.727. The van der Waals surface area contributed by atoms with Crippen LogP contribution in [0.4, 0.5) is 10.5 Å². The first-order valence-corrected chi connectivity index (χ1v) is 10.4. The highest BCUT2D eigenvalue weighted by Gasteiger charge is 2.42. The zero-order chi connectivity index (χ0) is 22.0. The van der Waals surface area contributed by atoms with E-state index in [1.54, 1.807) is 38.1 Å². The van der Waals surface area contributed by atoms with Gasteiger partial charge in [0.2, 0.25) is 0 Å². The number of aromatic nitrogens is 1. The minimum Gasteiger partial charge on any atom is -0.491 e. The number of carbonyl (C=O) groups is 1. The fourth-order valence-corrected chi connectivity index (χ4v) is 4.42. The largest absolute Gasteiger partial charge is 0.491 e. The molecule has 3 heterocycles. The molecule has 2 aromatic rings. The smallest absolute Gasteiger partial charge is 0.322 e. The Morgan fingerprint density at radius 1 is 1.29 bits per heavy atom. The number of carbonyl (C=O) groups excluding carboxylic acids is 1. The summed E-state index contributed by atoms with van der Waals surface area (Å²) in [5, 5.41) is 26.0. The number of amides is 2. The Morgan fingerprint density at radius 2 is 1.97 bits per heavy atom. The third-order valence-electron chi connectivity index (χ3n) is 6.01. The maximum atomic E-state index is 12.6. The summed E-state index contributed by atoms with van der Waals surface area (Å²) < 4.78 is 10.7. The summed E-state index contributed by atoms with van der Waals surface area (Å²) in [6.07, 6.45) is -0.603. The summed E-state index contributed by atoms with van der Waals surface area (Å²) in [5.41, 5.74) is 1.90. The summed E-state index contributed by atoms with van der Waals surface area (Å²) >= 11 is 0. The maximum absolute atomic E-state index is 12.6. The lowest BCUT2D eigenvalue weighted by atomic mass is 10.0. The number of aliphatic hydroxyl groups excluding tert-OH is 1. The molecule has 2 amide bonds. The molecule has 0 saturated carbocycles. The number of nitrogens with zero attached hydrogens (tertiary/aromatic N) is 4. The number of nitrogens with one attached hydrogen (secondary N) is 1. The molecule has 1 aromatic heterocycles. The Hall–Kier alpha value is -3.09. The average Bonchev–Trinajstić information content (AvgIpc) is 3.41. The molecular formula is C22H27N5O4. The van der Waals surface area contributed by atoms with Crippen molar-refractivity contribution >= 4 is 11.7 Å². The topological polar surface area (TPSA) is 115 Å². The van der Waals surface area contributed by atoms with Gasteiger partial charge in [-0.3, -0.25) is 4.90 Å². The molecule has 1 aromatic carbocycles. The third kappa shape index (κ3) is 4.81. The van der Waals surface area contributed by atoms with E-state index < -0.39 is 6.10 Å². The van der Waals surface area contributed by atoms with Crippen molar-refractivity contribution in [3.8, 4) is 11.8 Å². The summed E-state index contributed by atoms with van der Waals surface area (Å²) in [5.74, 6) is 2.05. The molecule has 0 bridgehead atoms. The number of fused-ring (bicyclic) bond motifs is 1. The number of likely N-dealkylation sites (tertiary alicyclic amines) is 2.